The van der Waals surface area contributed by atoms with E-state index in [0.29, 0.717) is 18.4 Å². The van der Waals surface area contributed by atoms with Crippen LogP contribution in [0.5, 0.6) is 5.75 Å². The van der Waals surface area contributed by atoms with Crippen LogP contribution in [0.25, 0.3) is 0 Å². The zero-order valence-corrected chi connectivity index (χ0v) is 14.7. The molecule has 0 unspecified atom stereocenters. The van der Waals surface area contributed by atoms with Crippen LogP contribution in [-0.2, 0) is 26.5 Å². The number of rotatable bonds is 2. The Labute approximate surface area is 152 Å². The van der Waals surface area contributed by atoms with E-state index in [1.807, 2.05) is 36.4 Å². The highest BCUT2D eigenvalue weighted by Crippen LogP contribution is 2.53. The molecule has 0 saturated carbocycles. The van der Waals surface area contributed by atoms with E-state index in [-0.39, 0.29) is 11.9 Å². The first kappa shape index (κ1) is 15.6. The van der Waals surface area contributed by atoms with Gasteiger partial charge in [0.05, 0.1) is 12.7 Å². The second-order valence-corrected chi connectivity index (χ2v) is 7.07. The lowest BCUT2D eigenvalue weighted by molar-refractivity contribution is -0.270. The number of Topliss-reactive ketones (excluding diaryl/α,β-unsaturated/α-hetero) is 1. The Morgan fingerprint density at radius 1 is 1.08 bits per heavy atom. The summed E-state index contributed by atoms with van der Waals surface area (Å²) in [5, 5.41) is 0. The maximum Gasteiger partial charge on any atom is 0.241 e. The molecule has 2 atom stereocenters. The van der Waals surface area contributed by atoms with Crippen LogP contribution in [0.1, 0.15) is 42.1 Å². The second-order valence-electron chi connectivity index (χ2n) is 7.07. The molecule has 0 N–H and O–H groups in total. The van der Waals surface area contributed by atoms with Crippen LogP contribution in [0.2, 0.25) is 0 Å². The molecule has 1 aliphatic carbocycles. The van der Waals surface area contributed by atoms with E-state index in [2.05, 4.69) is 12.1 Å². The predicted molar refractivity (Wildman–Crippen MR) is 95.6 cm³/mol. The summed E-state index contributed by atoms with van der Waals surface area (Å²) in [6.07, 6.45) is 2.47. The molecule has 2 heterocycles. The zero-order valence-electron chi connectivity index (χ0n) is 14.7. The third-order valence-corrected chi connectivity index (χ3v) is 5.56. The number of ether oxygens (including phenoxy) is 3. The molecule has 2 aromatic carbocycles. The van der Waals surface area contributed by atoms with Gasteiger partial charge in [-0.15, -0.1) is 0 Å². The molecular weight excluding hydrogens is 328 g/mol. The normalized spacial score (nSPS) is 26.7. The van der Waals surface area contributed by atoms with Crippen molar-refractivity contribution in [2.45, 2.75) is 37.6 Å². The highest BCUT2D eigenvalue weighted by molar-refractivity contribution is 5.98. The molecule has 4 nitrogen and oxygen atoms in total. The van der Waals surface area contributed by atoms with Crippen LogP contribution in [0.3, 0.4) is 0 Å². The van der Waals surface area contributed by atoms with Gasteiger partial charge in [-0.2, -0.15) is 0 Å². The molecule has 5 rings (SSSR count). The average molecular weight is 348 g/mol. The Morgan fingerprint density at radius 2 is 1.88 bits per heavy atom. The lowest BCUT2D eigenvalue weighted by atomic mass is 9.80. The van der Waals surface area contributed by atoms with Gasteiger partial charge in [-0.05, 0) is 41.8 Å². The van der Waals surface area contributed by atoms with Gasteiger partial charge in [0.25, 0.3) is 0 Å². The van der Waals surface area contributed by atoms with E-state index >= 15 is 0 Å². The first-order chi connectivity index (χ1) is 12.7. The molecule has 0 fully saturated rings. The van der Waals surface area contributed by atoms with Crippen molar-refractivity contribution in [3.8, 4) is 5.75 Å². The summed E-state index contributed by atoms with van der Waals surface area (Å²) in [5.74, 6) is 0.863. The van der Waals surface area contributed by atoms with Gasteiger partial charge in [0, 0.05) is 24.8 Å². The summed E-state index contributed by atoms with van der Waals surface area (Å²) < 4.78 is 18.2. The number of hydrogen-bond acceptors (Lipinski definition) is 4. The minimum atomic E-state index is -0.887. The number of allylic oxidation sites excluding steroid dienone is 1. The Kier molecular flexibility index (Phi) is 3.44. The van der Waals surface area contributed by atoms with Crippen molar-refractivity contribution in [2.24, 2.45) is 0 Å². The zero-order chi connectivity index (χ0) is 17.7. The van der Waals surface area contributed by atoms with Gasteiger partial charge in [0.15, 0.2) is 5.78 Å². The Bertz CT molecular complexity index is 912. The molecule has 4 heteroatoms. The molecule has 3 aliphatic rings. The summed E-state index contributed by atoms with van der Waals surface area (Å²) >= 11 is 0. The van der Waals surface area contributed by atoms with Gasteiger partial charge >= 0.3 is 0 Å². The number of carbonyl (C=O) groups is 1. The third-order valence-electron chi connectivity index (χ3n) is 5.56. The van der Waals surface area contributed by atoms with E-state index in [0.717, 1.165) is 35.5 Å². The quantitative estimate of drug-likeness (QED) is 0.816. The maximum absolute atomic E-state index is 12.6. The highest BCUT2D eigenvalue weighted by atomic mass is 16.7. The lowest BCUT2D eigenvalue weighted by Gasteiger charge is -2.48. The third kappa shape index (κ3) is 2.22. The molecule has 26 heavy (non-hydrogen) atoms. The number of benzene rings is 2. The van der Waals surface area contributed by atoms with Crippen molar-refractivity contribution in [1.82, 2.24) is 0 Å². The van der Waals surface area contributed by atoms with Gasteiger partial charge in [0.1, 0.15) is 17.6 Å². The maximum atomic E-state index is 12.6. The van der Waals surface area contributed by atoms with E-state index in [1.165, 1.54) is 5.56 Å². The molecule has 0 spiro atoms. The SMILES string of the molecule is COc1ccc([C@]23Cc4ccccc4[C@H](O2)C2=C(CCCC2=O)O3)cc1. The first-order valence-corrected chi connectivity index (χ1v) is 9.05. The van der Waals surface area contributed by atoms with Crippen LogP contribution < -0.4 is 4.74 Å². The Morgan fingerprint density at radius 3 is 2.69 bits per heavy atom. The minimum absolute atomic E-state index is 0.149. The monoisotopic (exact) mass is 348 g/mol. The smallest absolute Gasteiger partial charge is 0.241 e. The van der Waals surface area contributed by atoms with Crippen molar-refractivity contribution in [3.63, 3.8) is 0 Å². The van der Waals surface area contributed by atoms with Gasteiger partial charge in [-0.1, -0.05) is 24.3 Å². The average Bonchev–Trinajstić information content (AvgIpc) is 2.68. The summed E-state index contributed by atoms with van der Waals surface area (Å²) in [7, 11) is 1.65. The molecular formula is C22H20O4. The van der Waals surface area contributed by atoms with Gasteiger partial charge in [0.2, 0.25) is 5.79 Å². The number of carbonyl (C=O) groups excluding carboxylic acids is 1. The standard InChI is InChI=1S/C22H20O4/c1-24-16-11-9-15(10-12-16)22-13-14-5-2-3-6-17(14)21(26-22)20-18(23)7-4-8-19(20)25-22/h2-3,5-6,9-12,21H,4,7-8,13H2,1H3/t21-,22-/m0/s1. The van der Waals surface area contributed by atoms with Crippen LogP contribution in [0, 0.1) is 0 Å². The fourth-order valence-electron chi connectivity index (χ4n) is 4.28. The minimum Gasteiger partial charge on any atom is -0.497 e. The lowest BCUT2D eigenvalue weighted by Crippen LogP contribution is -2.46. The molecule has 2 bridgehead atoms. The van der Waals surface area contributed by atoms with Crippen LogP contribution in [-0.4, -0.2) is 12.9 Å². The number of ketones is 1. The van der Waals surface area contributed by atoms with Gasteiger partial charge in [-0.3, -0.25) is 4.79 Å². The summed E-state index contributed by atoms with van der Waals surface area (Å²) in [5.41, 5.74) is 3.92. The van der Waals surface area contributed by atoms with Gasteiger partial charge in [-0.25, -0.2) is 0 Å². The largest absolute Gasteiger partial charge is 0.497 e. The molecule has 2 aromatic rings. The van der Waals surface area contributed by atoms with Crippen LogP contribution in [0.15, 0.2) is 59.9 Å². The molecule has 0 saturated heterocycles. The predicted octanol–water partition coefficient (Wildman–Crippen LogP) is 4.20. The number of methoxy groups -OCH3 is 1. The molecule has 132 valence electrons. The highest BCUT2D eigenvalue weighted by Gasteiger charge is 2.51. The number of hydrogen-bond donors (Lipinski definition) is 0. The van der Waals surface area contributed by atoms with Crippen molar-refractivity contribution < 1.29 is 19.0 Å². The molecule has 0 radical (unpaired) electrons. The van der Waals surface area contributed by atoms with Crippen molar-refractivity contribution in [2.75, 3.05) is 7.11 Å². The van der Waals surface area contributed by atoms with Crippen molar-refractivity contribution in [3.05, 3.63) is 76.6 Å². The Hall–Kier alpha value is -2.59. The number of fused-ring (bicyclic) bond motifs is 5. The molecule has 2 aliphatic heterocycles. The van der Waals surface area contributed by atoms with E-state index in [9.17, 15) is 4.79 Å². The fourth-order valence-corrected chi connectivity index (χ4v) is 4.28. The topological polar surface area (TPSA) is 44.8 Å². The van der Waals surface area contributed by atoms with E-state index in [1.54, 1.807) is 7.11 Å². The first-order valence-electron chi connectivity index (χ1n) is 9.05. The summed E-state index contributed by atoms with van der Waals surface area (Å²) in [4.78, 5) is 12.6. The molecule has 0 amide bonds. The van der Waals surface area contributed by atoms with E-state index < -0.39 is 5.79 Å². The van der Waals surface area contributed by atoms with Gasteiger partial charge < -0.3 is 14.2 Å². The summed E-state index contributed by atoms with van der Waals surface area (Å²) in [6.45, 7) is 0. The van der Waals surface area contributed by atoms with Crippen molar-refractivity contribution in [1.29, 1.82) is 0 Å². The van der Waals surface area contributed by atoms with E-state index in [4.69, 9.17) is 14.2 Å². The van der Waals surface area contributed by atoms with Crippen molar-refractivity contribution >= 4 is 5.78 Å². The van der Waals surface area contributed by atoms with Crippen LogP contribution >= 0.6 is 0 Å². The Balaban J connectivity index is 1.69. The second kappa shape index (κ2) is 5.71. The molecule has 0 aromatic heterocycles. The fraction of sp³-hybridized carbons (Fsp3) is 0.318. The van der Waals surface area contributed by atoms with Crippen LogP contribution in [0.4, 0.5) is 0 Å². The summed E-state index contributed by atoms with van der Waals surface area (Å²) in [6, 6.07) is 16.0.